The number of carboxylic acids is 1. The highest BCUT2D eigenvalue weighted by atomic mass is 19.1. The molecule has 0 saturated heterocycles. The Morgan fingerprint density at radius 2 is 2.04 bits per heavy atom. The number of halogens is 1. The molecule has 0 fully saturated rings. The minimum atomic E-state index is -0.956. The van der Waals surface area contributed by atoms with E-state index >= 15 is 0 Å². The van der Waals surface area contributed by atoms with E-state index in [2.05, 4.69) is 10.6 Å². The van der Waals surface area contributed by atoms with Crippen LogP contribution in [0.1, 0.15) is 49.0 Å². The van der Waals surface area contributed by atoms with Crippen molar-refractivity contribution >= 4 is 23.5 Å². The molecule has 2 rings (SSSR count). The normalized spacial score (nSPS) is 14.0. The molecule has 0 aromatic heterocycles. The number of aliphatic carboxylic acids is 1. The van der Waals surface area contributed by atoms with E-state index in [1.54, 1.807) is 13.8 Å². The number of carbonyl (C=O) groups excluding carboxylic acids is 2. The fourth-order valence-electron chi connectivity index (χ4n) is 2.43. The Morgan fingerprint density at radius 3 is 2.70 bits per heavy atom. The second kappa shape index (κ2) is 6.36. The van der Waals surface area contributed by atoms with Crippen LogP contribution < -0.4 is 10.6 Å². The van der Waals surface area contributed by atoms with Crippen LogP contribution in [-0.2, 0) is 16.0 Å². The molecule has 1 heterocycles. The quantitative estimate of drug-likeness (QED) is 0.773. The summed E-state index contributed by atoms with van der Waals surface area (Å²) in [5, 5.41) is 13.9. The highest BCUT2D eigenvalue weighted by Crippen LogP contribution is 2.26. The number of aryl methyl sites for hydroxylation is 1. The molecule has 1 aromatic carbocycles. The van der Waals surface area contributed by atoms with E-state index in [1.165, 1.54) is 6.07 Å². The Morgan fingerprint density at radius 1 is 1.35 bits per heavy atom. The summed E-state index contributed by atoms with van der Waals surface area (Å²) in [5.41, 5.74) is 0.217. The molecule has 0 spiro atoms. The lowest BCUT2D eigenvalue weighted by Crippen LogP contribution is -2.44. The molecule has 6 nitrogen and oxygen atoms in total. The third-order valence-electron chi connectivity index (χ3n) is 3.75. The topological polar surface area (TPSA) is 95.5 Å². The van der Waals surface area contributed by atoms with Crippen molar-refractivity contribution in [3.63, 3.8) is 0 Å². The van der Waals surface area contributed by atoms with Crippen molar-refractivity contribution in [3.05, 3.63) is 29.1 Å². The SMILES string of the molecule is CC(C)(CCC(=O)O)NC(=O)c1cc2c(cc1F)NC(=O)CC2. The zero-order chi connectivity index (χ0) is 17.2. The van der Waals surface area contributed by atoms with E-state index < -0.39 is 23.2 Å². The summed E-state index contributed by atoms with van der Waals surface area (Å²) in [7, 11) is 0. The van der Waals surface area contributed by atoms with Gasteiger partial charge in [-0.3, -0.25) is 14.4 Å². The summed E-state index contributed by atoms with van der Waals surface area (Å²) in [6.07, 6.45) is 0.886. The average molecular weight is 322 g/mol. The maximum absolute atomic E-state index is 14.1. The highest BCUT2D eigenvalue weighted by Gasteiger charge is 2.25. The molecule has 23 heavy (non-hydrogen) atoms. The number of hydrogen-bond acceptors (Lipinski definition) is 3. The van der Waals surface area contributed by atoms with Crippen molar-refractivity contribution in [1.82, 2.24) is 5.32 Å². The van der Waals surface area contributed by atoms with E-state index in [-0.39, 0.29) is 24.3 Å². The molecule has 0 aliphatic carbocycles. The summed E-state index contributed by atoms with van der Waals surface area (Å²) in [4.78, 5) is 34.2. The second-order valence-corrected chi connectivity index (χ2v) is 6.27. The number of benzene rings is 1. The third-order valence-corrected chi connectivity index (χ3v) is 3.75. The lowest BCUT2D eigenvalue weighted by atomic mass is 9.96. The Balaban J connectivity index is 2.16. The van der Waals surface area contributed by atoms with E-state index in [0.29, 0.717) is 24.1 Å². The number of hydrogen-bond donors (Lipinski definition) is 3. The highest BCUT2D eigenvalue weighted by molar-refractivity contribution is 5.98. The predicted octanol–water partition coefficient (Wildman–Crippen LogP) is 2.08. The van der Waals surface area contributed by atoms with Gasteiger partial charge in [-0.05, 0) is 44.4 Å². The Hall–Kier alpha value is -2.44. The van der Waals surface area contributed by atoms with E-state index in [1.807, 2.05) is 0 Å². The maximum Gasteiger partial charge on any atom is 0.303 e. The van der Waals surface area contributed by atoms with Crippen molar-refractivity contribution in [2.45, 2.75) is 45.1 Å². The Bertz CT molecular complexity index is 670. The Labute approximate surface area is 133 Å². The van der Waals surface area contributed by atoms with Crippen molar-refractivity contribution in [2.75, 3.05) is 5.32 Å². The first-order chi connectivity index (χ1) is 10.7. The monoisotopic (exact) mass is 322 g/mol. The lowest BCUT2D eigenvalue weighted by molar-refractivity contribution is -0.137. The minimum Gasteiger partial charge on any atom is -0.481 e. The number of anilines is 1. The van der Waals surface area contributed by atoms with Gasteiger partial charge >= 0.3 is 5.97 Å². The molecule has 1 aromatic rings. The van der Waals surface area contributed by atoms with Gasteiger partial charge in [-0.2, -0.15) is 0 Å². The van der Waals surface area contributed by atoms with Crippen LogP contribution in [0.4, 0.5) is 10.1 Å². The van der Waals surface area contributed by atoms with Crippen molar-refractivity contribution in [1.29, 1.82) is 0 Å². The molecule has 2 amide bonds. The first kappa shape index (κ1) is 16.9. The van der Waals surface area contributed by atoms with Crippen LogP contribution in [0.5, 0.6) is 0 Å². The van der Waals surface area contributed by atoms with Gasteiger partial charge in [0, 0.05) is 24.1 Å². The molecule has 124 valence electrons. The molecule has 1 aliphatic heterocycles. The molecule has 3 N–H and O–H groups in total. The fraction of sp³-hybridized carbons (Fsp3) is 0.438. The number of carbonyl (C=O) groups is 3. The number of fused-ring (bicyclic) bond motifs is 1. The van der Waals surface area contributed by atoms with Gasteiger partial charge in [0.15, 0.2) is 0 Å². The number of carboxylic acid groups (broad SMARTS) is 1. The summed E-state index contributed by atoms with van der Waals surface area (Å²) in [5.74, 6) is -2.46. The maximum atomic E-state index is 14.1. The standard InChI is InChI=1S/C16H19FN2O4/c1-16(2,6-5-14(21)22)19-15(23)10-7-9-3-4-13(20)18-12(9)8-11(10)17/h7-8H,3-6H2,1-2H3,(H,18,20)(H,19,23)(H,21,22). The number of amides is 2. The third kappa shape index (κ3) is 4.28. The van der Waals surface area contributed by atoms with Crippen molar-refractivity contribution in [2.24, 2.45) is 0 Å². The van der Waals surface area contributed by atoms with Crippen LogP contribution in [-0.4, -0.2) is 28.4 Å². The molecule has 7 heteroatoms. The molecule has 0 saturated carbocycles. The fourth-order valence-corrected chi connectivity index (χ4v) is 2.43. The first-order valence-corrected chi connectivity index (χ1v) is 7.34. The lowest BCUT2D eigenvalue weighted by Gasteiger charge is -2.26. The van der Waals surface area contributed by atoms with Gasteiger partial charge < -0.3 is 15.7 Å². The van der Waals surface area contributed by atoms with E-state index in [4.69, 9.17) is 5.11 Å². The molecular formula is C16H19FN2O4. The number of rotatable bonds is 5. The molecule has 0 radical (unpaired) electrons. The predicted molar refractivity (Wildman–Crippen MR) is 81.8 cm³/mol. The van der Waals surface area contributed by atoms with Gasteiger partial charge in [-0.15, -0.1) is 0 Å². The van der Waals surface area contributed by atoms with Crippen molar-refractivity contribution < 1.29 is 23.9 Å². The summed E-state index contributed by atoms with van der Waals surface area (Å²) in [6, 6.07) is 2.58. The molecule has 0 unspecified atom stereocenters. The van der Waals surface area contributed by atoms with Gasteiger partial charge in [-0.1, -0.05) is 0 Å². The van der Waals surface area contributed by atoms with Gasteiger partial charge in [0.25, 0.3) is 5.91 Å². The van der Waals surface area contributed by atoms with Crippen LogP contribution in [0.25, 0.3) is 0 Å². The Kier molecular flexibility index (Phi) is 4.68. The van der Waals surface area contributed by atoms with Crippen LogP contribution in [0.3, 0.4) is 0 Å². The number of nitrogens with one attached hydrogen (secondary N) is 2. The zero-order valence-corrected chi connectivity index (χ0v) is 13.0. The van der Waals surface area contributed by atoms with Crippen molar-refractivity contribution in [3.8, 4) is 0 Å². The largest absolute Gasteiger partial charge is 0.481 e. The second-order valence-electron chi connectivity index (χ2n) is 6.27. The molecule has 0 atom stereocenters. The van der Waals surface area contributed by atoms with Crippen LogP contribution in [0.2, 0.25) is 0 Å². The molecular weight excluding hydrogens is 303 g/mol. The zero-order valence-electron chi connectivity index (χ0n) is 13.0. The smallest absolute Gasteiger partial charge is 0.303 e. The summed E-state index contributed by atoms with van der Waals surface area (Å²) >= 11 is 0. The van der Waals surface area contributed by atoms with Crippen LogP contribution >= 0.6 is 0 Å². The molecule has 0 bridgehead atoms. The summed E-state index contributed by atoms with van der Waals surface area (Å²) in [6.45, 7) is 3.37. The van der Waals surface area contributed by atoms with Crippen LogP contribution in [0.15, 0.2) is 12.1 Å². The summed E-state index contributed by atoms with van der Waals surface area (Å²) < 4.78 is 14.1. The first-order valence-electron chi connectivity index (χ1n) is 7.34. The molecule has 1 aliphatic rings. The van der Waals surface area contributed by atoms with Crippen LogP contribution in [0, 0.1) is 5.82 Å². The van der Waals surface area contributed by atoms with E-state index in [9.17, 15) is 18.8 Å². The average Bonchev–Trinajstić information content (AvgIpc) is 2.43. The van der Waals surface area contributed by atoms with Gasteiger partial charge in [0.1, 0.15) is 5.82 Å². The van der Waals surface area contributed by atoms with Gasteiger partial charge in [0.2, 0.25) is 5.91 Å². The van der Waals surface area contributed by atoms with E-state index in [0.717, 1.165) is 6.07 Å². The van der Waals surface area contributed by atoms with Gasteiger partial charge in [0.05, 0.1) is 5.56 Å². The van der Waals surface area contributed by atoms with Gasteiger partial charge in [-0.25, -0.2) is 4.39 Å². The minimum absolute atomic E-state index is 0.0913.